The summed E-state index contributed by atoms with van der Waals surface area (Å²) in [6.07, 6.45) is -2.05. The number of esters is 1. The van der Waals surface area contributed by atoms with E-state index in [9.17, 15) is 14.4 Å². The third kappa shape index (κ3) is 7.27. The van der Waals surface area contributed by atoms with Crippen LogP contribution in [0.1, 0.15) is 64.2 Å². The summed E-state index contributed by atoms with van der Waals surface area (Å²) in [6.45, 7) is 9.09. The number of alkyl carbamates (subject to hydrolysis) is 1. The van der Waals surface area contributed by atoms with Crippen LogP contribution in [-0.2, 0) is 9.47 Å². The molecule has 0 aliphatic carbocycles. The van der Waals surface area contributed by atoms with E-state index >= 15 is 0 Å². The highest BCUT2D eigenvalue weighted by Gasteiger charge is 2.36. The molecule has 6 heteroatoms. The van der Waals surface area contributed by atoms with Gasteiger partial charge in [0, 0.05) is 5.56 Å². The molecule has 3 rings (SSSR count). The van der Waals surface area contributed by atoms with Crippen LogP contribution in [0.4, 0.5) is 4.79 Å². The summed E-state index contributed by atoms with van der Waals surface area (Å²) in [5.41, 5.74) is 2.51. The Morgan fingerprint density at radius 3 is 1.83 bits per heavy atom. The molecule has 0 spiro atoms. The molecule has 182 valence electrons. The summed E-state index contributed by atoms with van der Waals surface area (Å²) in [5.74, 6) is -1.10. The molecule has 2 unspecified atom stereocenters. The van der Waals surface area contributed by atoms with Crippen LogP contribution in [0.3, 0.4) is 0 Å². The fourth-order valence-corrected chi connectivity index (χ4v) is 3.45. The summed E-state index contributed by atoms with van der Waals surface area (Å²) in [4.78, 5) is 39.5. The first-order valence-electron chi connectivity index (χ1n) is 11.5. The molecule has 0 radical (unpaired) electrons. The highest BCUT2D eigenvalue weighted by Crippen LogP contribution is 2.25. The first kappa shape index (κ1) is 25.7. The van der Waals surface area contributed by atoms with E-state index in [4.69, 9.17) is 9.47 Å². The lowest BCUT2D eigenvalue weighted by atomic mass is 9.94. The van der Waals surface area contributed by atoms with Gasteiger partial charge >= 0.3 is 12.1 Å². The number of hydrogen-bond acceptors (Lipinski definition) is 5. The van der Waals surface area contributed by atoms with Gasteiger partial charge < -0.3 is 14.8 Å². The second-order valence-electron chi connectivity index (χ2n) is 9.46. The number of ether oxygens (including phenoxy) is 2. The average Bonchev–Trinajstić information content (AvgIpc) is 2.81. The Labute approximate surface area is 206 Å². The largest absolute Gasteiger partial charge is 0.448 e. The van der Waals surface area contributed by atoms with Crippen LogP contribution in [0.5, 0.6) is 0 Å². The van der Waals surface area contributed by atoms with Gasteiger partial charge in [0.25, 0.3) is 0 Å². The van der Waals surface area contributed by atoms with E-state index in [0.717, 1.165) is 11.1 Å². The molecule has 3 aromatic carbocycles. The van der Waals surface area contributed by atoms with Crippen molar-refractivity contribution in [3.63, 3.8) is 0 Å². The molecule has 1 N–H and O–H groups in total. The van der Waals surface area contributed by atoms with Gasteiger partial charge in [0.05, 0.1) is 5.56 Å². The van der Waals surface area contributed by atoms with Crippen molar-refractivity contribution in [1.29, 1.82) is 0 Å². The number of benzene rings is 3. The lowest BCUT2D eigenvalue weighted by Crippen LogP contribution is -2.44. The lowest BCUT2D eigenvalue weighted by molar-refractivity contribution is 0.0149. The molecule has 0 bridgehead atoms. The maximum Gasteiger partial charge on any atom is 0.408 e. The van der Waals surface area contributed by atoms with Crippen LogP contribution in [0, 0.1) is 13.8 Å². The van der Waals surface area contributed by atoms with Gasteiger partial charge in [-0.25, -0.2) is 9.59 Å². The van der Waals surface area contributed by atoms with E-state index in [1.165, 1.54) is 0 Å². The van der Waals surface area contributed by atoms with Crippen LogP contribution >= 0.6 is 0 Å². The Bertz CT molecular complexity index is 1160. The van der Waals surface area contributed by atoms with Crippen molar-refractivity contribution < 1.29 is 23.9 Å². The molecule has 0 aliphatic rings. The predicted octanol–water partition coefficient (Wildman–Crippen LogP) is 5.98. The smallest absolute Gasteiger partial charge is 0.408 e. The minimum Gasteiger partial charge on any atom is -0.448 e. The Kier molecular flexibility index (Phi) is 8.07. The monoisotopic (exact) mass is 473 g/mol. The zero-order chi connectivity index (χ0) is 25.6. The molecule has 0 aliphatic heterocycles. The first-order valence-corrected chi connectivity index (χ1v) is 11.5. The number of nitrogens with one attached hydrogen (secondary N) is 1. The van der Waals surface area contributed by atoms with Gasteiger partial charge in [-0.3, -0.25) is 4.79 Å². The van der Waals surface area contributed by atoms with Crippen LogP contribution in [0.2, 0.25) is 0 Å². The molecule has 6 nitrogen and oxygen atoms in total. The van der Waals surface area contributed by atoms with Crippen molar-refractivity contribution in [3.8, 4) is 0 Å². The van der Waals surface area contributed by atoms with Gasteiger partial charge in [-0.05, 0) is 52.3 Å². The van der Waals surface area contributed by atoms with Crippen LogP contribution < -0.4 is 5.32 Å². The third-order valence-electron chi connectivity index (χ3n) is 5.25. The fraction of sp³-hybridized carbons (Fsp3) is 0.276. The van der Waals surface area contributed by atoms with Gasteiger partial charge in [0.2, 0.25) is 5.78 Å². The number of carbonyl (C=O) groups is 3. The fourth-order valence-electron chi connectivity index (χ4n) is 3.45. The molecular weight excluding hydrogens is 442 g/mol. The number of hydrogen-bond donors (Lipinski definition) is 1. The highest BCUT2D eigenvalue weighted by atomic mass is 16.6. The molecule has 3 aromatic rings. The third-order valence-corrected chi connectivity index (χ3v) is 5.25. The van der Waals surface area contributed by atoms with E-state index in [0.29, 0.717) is 16.7 Å². The molecule has 35 heavy (non-hydrogen) atoms. The molecule has 0 saturated carbocycles. The molecule has 1 amide bonds. The summed E-state index contributed by atoms with van der Waals surface area (Å²) >= 11 is 0. The van der Waals surface area contributed by atoms with Gasteiger partial charge in [0.15, 0.2) is 6.10 Å². The predicted molar refractivity (Wildman–Crippen MR) is 134 cm³/mol. The minimum absolute atomic E-state index is 0.307. The number of ketones is 1. The molecule has 2 atom stereocenters. The lowest BCUT2D eigenvalue weighted by Gasteiger charge is -2.29. The molecular formula is C29H31NO5. The minimum atomic E-state index is -1.33. The van der Waals surface area contributed by atoms with E-state index in [2.05, 4.69) is 5.32 Å². The van der Waals surface area contributed by atoms with Crippen molar-refractivity contribution in [1.82, 2.24) is 5.32 Å². The number of Topliss-reactive ketones (excluding diaryl/α,β-unsaturated/α-hetero) is 1. The maximum atomic E-state index is 13.6. The van der Waals surface area contributed by atoms with Gasteiger partial charge in [-0.2, -0.15) is 0 Å². The Balaban J connectivity index is 2.03. The Hall–Kier alpha value is -3.93. The summed E-state index contributed by atoms with van der Waals surface area (Å²) < 4.78 is 11.3. The zero-order valence-corrected chi connectivity index (χ0v) is 20.7. The summed E-state index contributed by atoms with van der Waals surface area (Å²) in [5, 5.41) is 2.77. The van der Waals surface area contributed by atoms with E-state index in [1.54, 1.807) is 87.5 Å². The molecule has 0 heterocycles. The van der Waals surface area contributed by atoms with Crippen LogP contribution in [-0.4, -0.2) is 29.6 Å². The Morgan fingerprint density at radius 1 is 0.743 bits per heavy atom. The van der Waals surface area contributed by atoms with Crippen LogP contribution in [0.25, 0.3) is 0 Å². The first-order chi connectivity index (χ1) is 16.5. The van der Waals surface area contributed by atoms with Crippen molar-refractivity contribution in [2.45, 2.75) is 52.4 Å². The average molecular weight is 474 g/mol. The quantitative estimate of drug-likeness (QED) is 0.337. The van der Waals surface area contributed by atoms with Crippen molar-refractivity contribution in [2.75, 3.05) is 0 Å². The second kappa shape index (κ2) is 11.0. The van der Waals surface area contributed by atoms with Crippen molar-refractivity contribution >= 4 is 17.8 Å². The van der Waals surface area contributed by atoms with E-state index in [1.807, 2.05) is 26.0 Å². The molecule has 0 fully saturated rings. The van der Waals surface area contributed by atoms with E-state index < -0.39 is 35.6 Å². The van der Waals surface area contributed by atoms with Gasteiger partial charge in [0.1, 0.15) is 11.6 Å². The van der Waals surface area contributed by atoms with Crippen LogP contribution in [0.15, 0.2) is 78.9 Å². The summed E-state index contributed by atoms with van der Waals surface area (Å²) in [6, 6.07) is 21.8. The van der Waals surface area contributed by atoms with Gasteiger partial charge in [-0.15, -0.1) is 0 Å². The van der Waals surface area contributed by atoms with Crippen molar-refractivity contribution in [3.05, 3.63) is 107 Å². The van der Waals surface area contributed by atoms with Crippen molar-refractivity contribution in [2.24, 2.45) is 0 Å². The van der Waals surface area contributed by atoms with E-state index in [-0.39, 0.29) is 0 Å². The Morgan fingerprint density at radius 2 is 1.29 bits per heavy atom. The zero-order valence-electron chi connectivity index (χ0n) is 20.7. The number of rotatable bonds is 7. The summed E-state index contributed by atoms with van der Waals surface area (Å²) in [7, 11) is 0. The number of aryl methyl sites for hydroxylation is 2. The highest BCUT2D eigenvalue weighted by molar-refractivity contribution is 6.02. The maximum absolute atomic E-state index is 13.6. The number of amides is 1. The number of carbonyl (C=O) groups excluding carboxylic acids is 3. The topological polar surface area (TPSA) is 81.7 Å². The van der Waals surface area contributed by atoms with Gasteiger partial charge in [-0.1, -0.05) is 77.9 Å². The molecule has 0 aromatic heterocycles. The SMILES string of the molecule is Cc1ccc(C(=O)OC(C(=O)c2ccccc2)C(NC(=O)OC(C)(C)C)c2ccc(C)cc2)cc1. The second-order valence-corrected chi connectivity index (χ2v) is 9.46. The standard InChI is InChI=1S/C29H31NO5/c1-19-11-15-21(16-12-19)24(30-28(33)35-29(3,4)5)26(25(31)22-9-7-6-8-10-22)34-27(32)23-17-13-20(2)14-18-23/h6-18,24,26H,1-5H3,(H,30,33). The normalized spacial score (nSPS) is 12.8. The molecule has 0 saturated heterocycles.